The molecule has 6 nitrogen and oxygen atoms in total. The standard InChI is InChI=1S/C16H26N2O4/c1-11-8-17(9-12(2)22-11)16(20)13-7-15(19)18(10-13)14-3-5-21-6-4-14/h11-14H,3-10H2,1-2H3. The van der Waals surface area contributed by atoms with Crippen molar-refractivity contribution in [3.63, 3.8) is 0 Å². The first-order chi connectivity index (χ1) is 10.5. The smallest absolute Gasteiger partial charge is 0.228 e. The van der Waals surface area contributed by atoms with Gasteiger partial charge in [0.2, 0.25) is 11.8 Å². The minimum Gasteiger partial charge on any atom is -0.381 e. The van der Waals surface area contributed by atoms with Crippen LogP contribution in [0.2, 0.25) is 0 Å². The van der Waals surface area contributed by atoms with Gasteiger partial charge in [0.05, 0.1) is 18.1 Å². The first-order valence-corrected chi connectivity index (χ1v) is 8.36. The van der Waals surface area contributed by atoms with Crippen molar-refractivity contribution >= 4 is 11.8 Å². The number of hydrogen-bond donors (Lipinski definition) is 0. The van der Waals surface area contributed by atoms with Crippen LogP contribution in [0.4, 0.5) is 0 Å². The normalized spacial score (nSPS) is 34.3. The van der Waals surface area contributed by atoms with Crippen LogP contribution in [0, 0.1) is 5.92 Å². The van der Waals surface area contributed by atoms with Crippen molar-refractivity contribution in [2.24, 2.45) is 5.92 Å². The second-order valence-electron chi connectivity index (χ2n) is 6.79. The number of ether oxygens (including phenoxy) is 2. The summed E-state index contributed by atoms with van der Waals surface area (Å²) in [5, 5.41) is 0. The third-order valence-electron chi connectivity index (χ3n) is 4.87. The molecule has 124 valence electrons. The molecule has 0 saturated carbocycles. The maximum Gasteiger partial charge on any atom is 0.228 e. The molecule has 3 fully saturated rings. The predicted octanol–water partition coefficient (Wildman–Crippen LogP) is 0.650. The highest BCUT2D eigenvalue weighted by molar-refractivity contribution is 5.89. The van der Waals surface area contributed by atoms with E-state index in [2.05, 4.69) is 0 Å². The largest absolute Gasteiger partial charge is 0.381 e. The molecule has 3 saturated heterocycles. The van der Waals surface area contributed by atoms with Crippen molar-refractivity contribution in [2.75, 3.05) is 32.8 Å². The Balaban J connectivity index is 1.61. The van der Waals surface area contributed by atoms with Crippen molar-refractivity contribution in [3.8, 4) is 0 Å². The summed E-state index contributed by atoms with van der Waals surface area (Å²) in [5.41, 5.74) is 0. The number of rotatable bonds is 2. The summed E-state index contributed by atoms with van der Waals surface area (Å²) < 4.78 is 11.0. The molecule has 0 N–H and O–H groups in total. The van der Waals surface area contributed by atoms with Gasteiger partial charge in [-0.05, 0) is 26.7 Å². The molecule has 3 unspecified atom stereocenters. The number of hydrogen-bond acceptors (Lipinski definition) is 4. The Hall–Kier alpha value is -1.14. The molecular weight excluding hydrogens is 284 g/mol. The third-order valence-corrected chi connectivity index (χ3v) is 4.87. The zero-order valence-corrected chi connectivity index (χ0v) is 13.5. The van der Waals surface area contributed by atoms with E-state index < -0.39 is 0 Å². The van der Waals surface area contributed by atoms with Crippen LogP contribution in [0.5, 0.6) is 0 Å². The van der Waals surface area contributed by atoms with Gasteiger partial charge in [-0.3, -0.25) is 9.59 Å². The van der Waals surface area contributed by atoms with Crippen LogP contribution in [-0.4, -0.2) is 72.7 Å². The van der Waals surface area contributed by atoms with Gasteiger partial charge < -0.3 is 19.3 Å². The predicted molar refractivity (Wildman–Crippen MR) is 80.3 cm³/mol. The van der Waals surface area contributed by atoms with E-state index in [4.69, 9.17) is 9.47 Å². The van der Waals surface area contributed by atoms with E-state index in [0.717, 1.165) is 12.8 Å². The molecule has 3 aliphatic heterocycles. The van der Waals surface area contributed by atoms with Crippen LogP contribution in [0.1, 0.15) is 33.1 Å². The zero-order chi connectivity index (χ0) is 15.7. The lowest BCUT2D eigenvalue weighted by Gasteiger charge is -2.36. The van der Waals surface area contributed by atoms with Gasteiger partial charge in [-0.1, -0.05) is 0 Å². The molecule has 0 spiro atoms. The number of carbonyl (C=O) groups excluding carboxylic acids is 2. The minimum absolute atomic E-state index is 0.0661. The van der Waals surface area contributed by atoms with Gasteiger partial charge in [0.25, 0.3) is 0 Å². The molecule has 2 amide bonds. The lowest BCUT2D eigenvalue weighted by molar-refractivity contribution is -0.147. The maximum absolute atomic E-state index is 12.7. The van der Waals surface area contributed by atoms with E-state index in [1.165, 1.54) is 0 Å². The first kappa shape index (κ1) is 15.7. The Labute approximate surface area is 131 Å². The van der Waals surface area contributed by atoms with Crippen LogP contribution >= 0.6 is 0 Å². The van der Waals surface area contributed by atoms with Crippen LogP contribution < -0.4 is 0 Å². The monoisotopic (exact) mass is 310 g/mol. The molecule has 0 aromatic carbocycles. The zero-order valence-electron chi connectivity index (χ0n) is 13.5. The van der Waals surface area contributed by atoms with E-state index in [1.807, 2.05) is 23.6 Å². The summed E-state index contributed by atoms with van der Waals surface area (Å²) in [6, 6.07) is 0.251. The number of morpholine rings is 1. The van der Waals surface area contributed by atoms with Crippen LogP contribution in [0.3, 0.4) is 0 Å². The van der Waals surface area contributed by atoms with Crippen molar-refractivity contribution in [1.82, 2.24) is 9.80 Å². The van der Waals surface area contributed by atoms with Gasteiger partial charge in [0.15, 0.2) is 0 Å². The average molecular weight is 310 g/mol. The molecule has 3 rings (SSSR count). The number of carbonyl (C=O) groups is 2. The highest BCUT2D eigenvalue weighted by Crippen LogP contribution is 2.27. The fraction of sp³-hybridized carbons (Fsp3) is 0.875. The van der Waals surface area contributed by atoms with Gasteiger partial charge in [-0.25, -0.2) is 0 Å². The Morgan fingerprint density at radius 1 is 1.09 bits per heavy atom. The van der Waals surface area contributed by atoms with E-state index in [9.17, 15) is 9.59 Å². The summed E-state index contributed by atoms with van der Waals surface area (Å²) in [4.78, 5) is 28.8. The van der Waals surface area contributed by atoms with Crippen LogP contribution in [0.15, 0.2) is 0 Å². The Bertz CT molecular complexity index is 426. The van der Waals surface area contributed by atoms with Crippen molar-refractivity contribution in [2.45, 2.75) is 51.4 Å². The van der Waals surface area contributed by atoms with E-state index >= 15 is 0 Å². The Morgan fingerprint density at radius 3 is 2.36 bits per heavy atom. The summed E-state index contributed by atoms with van der Waals surface area (Å²) in [5.74, 6) is 0.0531. The maximum atomic E-state index is 12.7. The number of nitrogens with zero attached hydrogens (tertiary/aromatic N) is 2. The third kappa shape index (κ3) is 3.27. The van der Waals surface area contributed by atoms with Crippen LogP contribution in [0.25, 0.3) is 0 Å². The molecule has 6 heteroatoms. The number of likely N-dealkylation sites (tertiary alicyclic amines) is 1. The quantitative estimate of drug-likeness (QED) is 0.751. The molecule has 22 heavy (non-hydrogen) atoms. The fourth-order valence-corrected chi connectivity index (χ4v) is 3.86. The van der Waals surface area contributed by atoms with Gasteiger partial charge in [-0.2, -0.15) is 0 Å². The highest BCUT2D eigenvalue weighted by Gasteiger charge is 2.40. The lowest BCUT2D eigenvalue weighted by atomic mass is 10.1. The number of amides is 2. The van der Waals surface area contributed by atoms with Gasteiger partial charge >= 0.3 is 0 Å². The van der Waals surface area contributed by atoms with E-state index in [0.29, 0.717) is 39.3 Å². The molecule has 3 heterocycles. The first-order valence-electron chi connectivity index (χ1n) is 8.36. The van der Waals surface area contributed by atoms with E-state index in [1.54, 1.807) is 0 Å². The second-order valence-corrected chi connectivity index (χ2v) is 6.79. The molecule has 0 aromatic heterocycles. The molecule has 0 aliphatic carbocycles. The average Bonchev–Trinajstić information content (AvgIpc) is 2.88. The molecule has 0 aromatic rings. The minimum atomic E-state index is -0.187. The van der Waals surface area contributed by atoms with Gasteiger partial charge in [-0.15, -0.1) is 0 Å². The summed E-state index contributed by atoms with van der Waals surface area (Å²) in [6.45, 7) is 7.24. The van der Waals surface area contributed by atoms with Gasteiger partial charge in [0.1, 0.15) is 0 Å². The van der Waals surface area contributed by atoms with E-state index in [-0.39, 0.29) is 36.0 Å². The molecule has 0 bridgehead atoms. The topological polar surface area (TPSA) is 59.1 Å². The van der Waals surface area contributed by atoms with Crippen molar-refractivity contribution in [3.05, 3.63) is 0 Å². The van der Waals surface area contributed by atoms with Crippen molar-refractivity contribution < 1.29 is 19.1 Å². The summed E-state index contributed by atoms with van der Waals surface area (Å²) in [6.07, 6.45) is 2.26. The Kier molecular flexibility index (Phi) is 4.68. The summed E-state index contributed by atoms with van der Waals surface area (Å²) in [7, 11) is 0. The molecular formula is C16H26N2O4. The summed E-state index contributed by atoms with van der Waals surface area (Å²) >= 11 is 0. The van der Waals surface area contributed by atoms with Crippen LogP contribution in [-0.2, 0) is 19.1 Å². The highest BCUT2D eigenvalue weighted by atomic mass is 16.5. The molecule has 3 atom stereocenters. The SMILES string of the molecule is CC1CN(C(=O)C2CC(=O)N(C3CCOCC3)C2)CC(C)O1. The van der Waals surface area contributed by atoms with Crippen molar-refractivity contribution in [1.29, 1.82) is 0 Å². The Morgan fingerprint density at radius 2 is 1.73 bits per heavy atom. The molecule has 3 aliphatic rings. The molecule has 0 radical (unpaired) electrons. The fourth-order valence-electron chi connectivity index (χ4n) is 3.86. The lowest BCUT2D eigenvalue weighted by Crippen LogP contribution is -2.50. The van der Waals surface area contributed by atoms with Gasteiger partial charge in [0, 0.05) is 45.3 Å². The second kappa shape index (κ2) is 6.54.